The molecule has 0 fully saturated rings. The van der Waals surface area contributed by atoms with E-state index in [1.807, 2.05) is 52.0 Å². The minimum atomic E-state index is -0.551. The Balaban J connectivity index is 2.21. The number of aryl methyl sites for hydroxylation is 1. The van der Waals surface area contributed by atoms with Gasteiger partial charge in [0.15, 0.2) is 0 Å². The maximum Gasteiger partial charge on any atom is 0.419 e. The summed E-state index contributed by atoms with van der Waals surface area (Å²) in [5, 5.41) is 4.19. The fourth-order valence-electron chi connectivity index (χ4n) is 3.08. The molecule has 0 bridgehead atoms. The molecule has 0 aliphatic carbocycles. The summed E-state index contributed by atoms with van der Waals surface area (Å²) >= 11 is 0. The number of benzene rings is 1. The summed E-state index contributed by atoms with van der Waals surface area (Å²) < 4.78 is 7.09. The van der Waals surface area contributed by atoms with Crippen LogP contribution in [0.25, 0.3) is 10.9 Å². The first kappa shape index (κ1) is 21.0. The number of nitrogens with one attached hydrogen (secondary N) is 1. The molecule has 2 rings (SSSR count). The van der Waals surface area contributed by atoms with E-state index in [0.29, 0.717) is 18.9 Å². The molecule has 2 aromatic rings. The van der Waals surface area contributed by atoms with E-state index < -0.39 is 5.60 Å². The van der Waals surface area contributed by atoms with E-state index in [-0.39, 0.29) is 18.0 Å². The predicted molar refractivity (Wildman–Crippen MR) is 108 cm³/mol. The summed E-state index contributed by atoms with van der Waals surface area (Å²) in [6.07, 6.45) is 0.317. The molecule has 1 aromatic carbocycles. The lowest BCUT2D eigenvalue weighted by atomic mass is 10.0. The third-order valence-electron chi connectivity index (χ3n) is 4.23. The SMILES string of the molecule is Cc1cc2cc(CN[C@H](CC(C)C)C(N)=O)ccc2n1C(=O)OC(C)(C)C. The van der Waals surface area contributed by atoms with Crippen molar-refractivity contribution in [2.75, 3.05) is 0 Å². The number of carbonyl (C=O) groups excluding carboxylic acids is 2. The van der Waals surface area contributed by atoms with Crippen molar-refractivity contribution < 1.29 is 14.3 Å². The minimum absolute atomic E-state index is 0.336. The van der Waals surface area contributed by atoms with Gasteiger partial charge < -0.3 is 15.8 Å². The highest BCUT2D eigenvalue weighted by Crippen LogP contribution is 2.23. The molecule has 1 heterocycles. The van der Waals surface area contributed by atoms with Crippen LogP contribution in [0.1, 0.15) is 52.3 Å². The van der Waals surface area contributed by atoms with E-state index in [4.69, 9.17) is 10.5 Å². The Morgan fingerprint density at radius 3 is 2.44 bits per heavy atom. The monoisotopic (exact) mass is 373 g/mol. The first-order chi connectivity index (χ1) is 12.5. The molecule has 0 radical (unpaired) electrons. The molecule has 27 heavy (non-hydrogen) atoms. The normalized spacial score (nSPS) is 13.1. The number of aromatic nitrogens is 1. The molecule has 6 heteroatoms. The standard InChI is InChI=1S/C21H31N3O3/c1-13(2)9-17(19(22)25)23-12-15-7-8-18-16(11-15)10-14(3)24(18)20(26)27-21(4,5)6/h7-8,10-11,13,17,23H,9,12H2,1-6H3,(H2,22,25)/t17-/m1/s1. The molecule has 0 spiro atoms. The fraction of sp³-hybridized carbons (Fsp3) is 0.524. The van der Waals surface area contributed by atoms with Crippen molar-refractivity contribution in [2.45, 2.75) is 66.2 Å². The van der Waals surface area contributed by atoms with E-state index in [9.17, 15) is 9.59 Å². The minimum Gasteiger partial charge on any atom is -0.443 e. The van der Waals surface area contributed by atoms with Crippen LogP contribution in [0.4, 0.5) is 4.79 Å². The summed E-state index contributed by atoms with van der Waals surface area (Å²) in [6.45, 7) is 12.1. The van der Waals surface area contributed by atoms with Gasteiger partial charge in [-0.1, -0.05) is 19.9 Å². The number of hydrogen-bond acceptors (Lipinski definition) is 4. The number of carbonyl (C=O) groups is 2. The Hall–Kier alpha value is -2.34. The zero-order chi connectivity index (χ0) is 20.4. The number of hydrogen-bond donors (Lipinski definition) is 2. The molecule has 0 aliphatic heterocycles. The number of nitrogens with two attached hydrogens (primary N) is 1. The summed E-state index contributed by atoms with van der Waals surface area (Å²) in [5.74, 6) is 0.0414. The van der Waals surface area contributed by atoms with E-state index >= 15 is 0 Å². The summed E-state index contributed by atoms with van der Waals surface area (Å²) in [7, 11) is 0. The molecule has 0 aliphatic rings. The van der Waals surface area contributed by atoms with Crippen molar-refractivity contribution in [3.05, 3.63) is 35.5 Å². The van der Waals surface area contributed by atoms with Gasteiger partial charge in [0, 0.05) is 17.6 Å². The van der Waals surface area contributed by atoms with Crippen LogP contribution in [0.2, 0.25) is 0 Å². The smallest absolute Gasteiger partial charge is 0.419 e. The molecule has 6 nitrogen and oxygen atoms in total. The largest absolute Gasteiger partial charge is 0.443 e. The van der Waals surface area contributed by atoms with Gasteiger partial charge in [0.25, 0.3) is 0 Å². The molecule has 0 unspecified atom stereocenters. The highest BCUT2D eigenvalue weighted by atomic mass is 16.6. The highest BCUT2D eigenvalue weighted by molar-refractivity contribution is 5.91. The van der Waals surface area contributed by atoms with Gasteiger partial charge in [-0.2, -0.15) is 0 Å². The van der Waals surface area contributed by atoms with E-state index in [1.54, 1.807) is 4.57 Å². The quantitative estimate of drug-likeness (QED) is 0.808. The molecule has 1 amide bonds. The molecule has 3 N–H and O–H groups in total. The van der Waals surface area contributed by atoms with Gasteiger partial charge in [0.05, 0.1) is 11.6 Å². The number of amides is 1. The Morgan fingerprint density at radius 2 is 1.89 bits per heavy atom. The van der Waals surface area contributed by atoms with Crippen LogP contribution < -0.4 is 11.1 Å². The Kier molecular flexibility index (Phi) is 6.31. The molecular formula is C21H31N3O3. The zero-order valence-corrected chi connectivity index (χ0v) is 17.1. The van der Waals surface area contributed by atoms with Gasteiger partial charge in [-0.3, -0.25) is 4.79 Å². The number of nitrogens with zero attached hydrogens (tertiary/aromatic N) is 1. The molecule has 1 atom stereocenters. The second kappa shape index (κ2) is 8.13. The van der Waals surface area contributed by atoms with E-state index in [1.165, 1.54) is 0 Å². The average Bonchev–Trinajstić information content (AvgIpc) is 2.84. The number of ether oxygens (including phenoxy) is 1. The van der Waals surface area contributed by atoms with Crippen molar-refractivity contribution in [1.29, 1.82) is 0 Å². The first-order valence-corrected chi connectivity index (χ1v) is 9.35. The van der Waals surface area contributed by atoms with Crippen LogP contribution in [0.3, 0.4) is 0 Å². The topological polar surface area (TPSA) is 86.4 Å². The van der Waals surface area contributed by atoms with Crippen molar-refractivity contribution in [1.82, 2.24) is 9.88 Å². The number of primary amides is 1. The fourth-order valence-corrected chi connectivity index (χ4v) is 3.08. The maximum absolute atomic E-state index is 12.5. The van der Waals surface area contributed by atoms with Crippen LogP contribution in [0, 0.1) is 12.8 Å². The molecular weight excluding hydrogens is 342 g/mol. The third-order valence-corrected chi connectivity index (χ3v) is 4.23. The third kappa shape index (κ3) is 5.57. The van der Waals surface area contributed by atoms with E-state index in [0.717, 1.165) is 22.2 Å². The lowest BCUT2D eigenvalue weighted by Gasteiger charge is -2.20. The number of rotatable bonds is 6. The Bertz CT molecular complexity index is 831. The maximum atomic E-state index is 12.5. The van der Waals surface area contributed by atoms with Crippen LogP contribution in [-0.4, -0.2) is 28.2 Å². The van der Waals surface area contributed by atoms with Gasteiger partial charge in [-0.05, 0) is 63.8 Å². The average molecular weight is 373 g/mol. The van der Waals surface area contributed by atoms with Crippen LogP contribution >= 0.6 is 0 Å². The van der Waals surface area contributed by atoms with Crippen molar-refractivity contribution >= 4 is 22.9 Å². The van der Waals surface area contributed by atoms with Gasteiger partial charge in [-0.15, -0.1) is 0 Å². The number of fused-ring (bicyclic) bond motifs is 1. The second-order valence-corrected chi connectivity index (χ2v) is 8.46. The Morgan fingerprint density at radius 1 is 1.22 bits per heavy atom. The van der Waals surface area contributed by atoms with Crippen molar-refractivity contribution in [3.8, 4) is 0 Å². The second-order valence-electron chi connectivity index (χ2n) is 8.46. The van der Waals surface area contributed by atoms with Crippen molar-refractivity contribution in [3.63, 3.8) is 0 Å². The van der Waals surface area contributed by atoms with Crippen LogP contribution in [0.15, 0.2) is 24.3 Å². The van der Waals surface area contributed by atoms with Gasteiger partial charge >= 0.3 is 6.09 Å². The molecule has 0 saturated carbocycles. The van der Waals surface area contributed by atoms with Crippen LogP contribution in [0.5, 0.6) is 0 Å². The summed E-state index contributed by atoms with van der Waals surface area (Å²) in [5.41, 5.74) is 7.59. The molecule has 0 saturated heterocycles. The van der Waals surface area contributed by atoms with Gasteiger partial charge in [0.2, 0.25) is 5.91 Å². The Labute approximate surface area is 161 Å². The lowest BCUT2D eigenvalue weighted by molar-refractivity contribution is -0.120. The predicted octanol–water partition coefficient (Wildman–Crippen LogP) is 3.72. The van der Waals surface area contributed by atoms with Gasteiger partial charge in [0.1, 0.15) is 5.60 Å². The van der Waals surface area contributed by atoms with Crippen LogP contribution in [-0.2, 0) is 16.1 Å². The summed E-state index contributed by atoms with van der Waals surface area (Å²) in [4.78, 5) is 24.1. The highest BCUT2D eigenvalue weighted by Gasteiger charge is 2.21. The summed E-state index contributed by atoms with van der Waals surface area (Å²) in [6, 6.07) is 7.48. The van der Waals surface area contributed by atoms with E-state index in [2.05, 4.69) is 19.2 Å². The molecule has 148 valence electrons. The lowest BCUT2D eigenvalue weighted by Crippen LogP contribution is -2.41. The van der Waals surface area contributed by atoms with Crippen molar-refractivity contribution in [2.24, 2.45) is 11.7 Å². The first-order valence-electron chi connectivity index (χ1n) is 9.35. The van der Waals surface area contributed by atoms with Gasteiger partial charge in [-0.25, -0.2) is 9.36 Å². The molecule has 1 aromatic heterocycles. The zero-order valence-electron chi connectivity index (χ0n) is 17.1.